The number of fused-ring (bicyclic) bond motifs is 2. The summed E-state index contributed by atoms with van der Waals surface area (Å²) in [6.45, 7) is 7.84. The van der Waals surface area contributed by atoms with Crippen molar-refractivity contribution in [2.24, 2.45) is 5.41 Å². The molecule has 15 nitrogen and oxygen atoms in total. The predicted octanol–water partition coefficient (Wildman–Crippen LogP) is 1.88. The second-order valence-corrected chi connectivity index (χ2v) is 13.1. The van der Waals surface area contributed by atoms with Crippen LogP contribution in [0.1, 0.15) is 40.3 Å². The van der Waals surface area contributed by atoms with Crippen molar-refractivity contribution in [2.75, 3.05) is 57.0 Å². The van der Waals surface area contributed by atoms with Crippen LogP contribution in [0.15, 0.2) is 6.33 Å². The Kier molecular flexibility index (Phi) is 9.44. The molecule has 2 aromatic heterocycles. The number of ether oxygens (including phenoxy) is 2. The molecule has 2 fully saturated rings. The van der Waals surface area contributed by atoms with Crippen LogP contribution in [0.2, 0.25) is 0 Å². The molecule has 0 aliphatic carbocycles. The lowest BCUT2D eigenvalue weighted by atomic mass is 9.96. The van der Waals surface area contributed by atoms with Crippen molar-refractivity contribution in [2.45, 2.75) is 58.2 Å². The van der Waals surface area contributed by atoms with Crippen molar-refractivity contribution < 1.29 is 37.5 Å². The third-order valence-electron chi connectivity index (χ3n) is 6.61. The van der Waals surface area contributed by atoms with E-state index in [-0.39, 0.29) is 30.0 Å². The number of imidazole rings is 1. The monoisotopic (exact) mass is 603 g/mol. The number of thioether (sulfide) groups is 1. The molecule has 40 heavy (non-hydrogen) atoms. The van der Waals surface area contributed by atoms with Gasteiger partial charge in [-0.15, -0.1) is 0 Å². The molecule has 4 N–H and O–H groups in total. The van der Waals surface area contributed by atoms with E-state index in [9.17, 15) is 14.5 Å². The van der Waals surface area contributed by atoms with Crippen LogP contribution in [-0.4, -0.2) is 93.8 Å². The number of aromatic nitrogens is 4. The minimum absolute atomic E-state index is 0.00659. The number of nitrogens with one attached hydrogen (secondary N) is 1. The Morgan fingerprint density at radius 3 is 2.88 bits per heavy atom. The van der Waals surface area contributed by atoms with E-state index in [0.29, 0.717) is 30.2 Å². The summed E-state index contributed by atoms with van der Waals surface area (Å²) in [5.74, 6) is 0.679. The second-order valence-electron chi connectivity index (χ2n) is 10.4. The molecule has 0 aromatic carbocycles. The van der Waals surface area contributed by atoms with E-state index in [0.717, 1.165) is 18.2 Å². The number of hydrazine groups is 1. The van der Waals surface area contributed by atoms with Crippen LogP contribution in [0.4, 0.5) is 11.8 Å². The molecule has 17 heteroatoms. The summed E-state index contributed by atoms with van der Waals surface area (Å²) in [4.78, 5) is 25.5. The summed E-state index contributed by atoms with van der Waals surface area (Å²) >= 11 is 1.06. The number of aliphatic hydroxyl groups is 1. The lowest BCUT2D eigenvalue weighted by molar-refractivity contribution is -0.121. The highest BCUT2D eigenvalue weighted by molar-refractivity contribution is 8.13. The number of anilines is 2. The van der Waals surface area contributed by atoms with Crippen LogP contribution in [0.3, 0.4) is 0 Å². The second kappa shape index (κ2) is 12.2. The van der Waals surface area contributed by atoms with Gasteiger partial charge in [0.15, 0.2) is 28.3 Å². The number of carbonyl (C=O) groups is 1. The van der Waals surface area contributed by atoms with Crippen LogP contribution in [0.25, 0.3) is 11.2 Å². The van der Waals surface area contributed by atoms with Crippen molar-refractivity contribution >= 4 is 47.6 Å². The van der Waals surface area contributed by atoms with Gasteiger partial charge in [0.1, 0.15) is 17.8 Å². The topological polar surface area (TPSA) is 185 Å². The molecule has 0 bridgehead atoms. The van der Waals surface area contributed by atoms with Crippen LogP contribution in [-0.2, 0) is 32.4 Å². The van der Waals surface area contributed by atoms with Crippen molar-refractivity contribution in [3.05, 3.63) is 6.33 Å². The molecule has 0 saturated carbocycles. The van der Waals surface area contributed by atoms with Gasteiger partial charge in [0.05, 0.1) is 31.6 Å². The maximum absolute atomic E-state index is 13.3. The molecule has 0 spiro atoms. The maximum atomic E-state index is 13.3. The summed E-state index contributed by atoms with van der Waals surface area (Å²) in [7, 11) is -0.580. The van der Waals surface area contributed by atoms with Gasteiger partial charge in [0, 0.05) is 26.5 Å². The fourth-order valence-electron chi connectivity index (χ4n) is 4.38. The SMILES string of the molecule is CCCOCC(C)(C)C(=O)SCCOP1(=O)OC[C@H]2O[C@@H](n3cnc4c(N(C)NC)nc(N)nc43)[C@@](C)(O)C2O1. The van der Waals surface area contributed by atoms with E-state index in [1.165, 1.54) is 17.8 Å². The van der Waals surface area contributed by atoms with Crippen molar-refractivity contribution in [3.8, 4) is 0 Å². The molecule has 0 amide bonds. The van der Waals surface area contributed by atoms with E-state index in [2.05, 4.69) is 20.4 Å². The fourth-order valence-corrected chi connectivity index (χ4v) is 6.77. The Morgan fingerprint density at radius 1 is 1.43 bits per heavy atom. The van der Waals surface area contributed by atoms with E-state index in [4.69, 9.17) is 28.8 Å². The molecule has 2 unspecified atom stereocenters. The zero-order chi connectivity index (χ0) is 29.3. The Morgan fingerprint density at radius 2 is 2.17 bits per heavy atom. The lowest BCUT2D eigenvalue weighted by Gasteiger charge is -2.35. The number of phosphoric acid groups is 1. The Balaban J connectivity index is 1.41. The van der Waals surface area contributed by atoms with Gasteiger partial charge in [0.25, 0.3) is 0 Å². The van der Waals surface area contributed by atoms with Crippen molar-refractivity contribution in [3.63, 3.8) is 0 Å². The standard InChI is InChI=1S/C23H38N7O8PS/c1-7-8-34-12-22(2,3)20(31)40-10-9-35-39(33)36-11-14-16(38-39)23(4,32)19(37-14)30-13-26-15-17(29(6)25-5)27-21(24)28-18(15)30/h13-14,16,19,25,32H,7-12H2,1-6H3,(H2,24,27,28)/t14-,16?,19-,23+,39?/m1/s1. The van der Waals surface area contributed by atoms with Gasteiger partial charge in [-0.1, -0.05) is 18.7 Å². The third kappa shape index (κ3) is 6.30. The Bertz CT molecular complexity index is 1260. The third-order valence-corrected chi connectivity index (χ3v) is 9.25. The summed E-state index contributed by atoms with van der Waals surface area (Å²) < 4.78 is 43.0. The largest absolute Gasteiger partial charge is 0.475 e. The van der Waals surface area contributed by atoms with E-state index in [1.807, 2.05) is 20.8 Å². The first kappa shape index (κ1) is 31.1. The fraction of sp³-hybridized carbons (Fsp3) is 0.739. The molecule has 2 saturated heterocycles. The summed E-state index contributed by atoms with van der Waals surface area (Å²) in [6.07, 6.45) is -0.478. The first-order chi connectivity index (χ1) is 18.8. The van der Waals surface area contributed by atoms with Gasteiger partial charge in [-0.2, -0.15) is 9.97 Å². The highest BCUT2D eigenvalue weighted by atomic mass is 32.2. The minimum Gasteiger partial charge on any atom is -0.383 e. The highest BCUT2D eigenvalue weighted by Crippen LogP contribution is 2.58. The number of rotatable bonds is 12. The quantitative estimate of drug-likeness (QED) is 0.181. The molecule has 2 aliphatic rings. The molecule has 2 aliphatic heterocycles. The van der Waals surface area contributed by atoms with E-state index < -0.39 is 37.3 Å². The summed E-state index contributed by atoms with van der Waals surface area (Å²) in [5, 5.41) is 13.1. The number of nitrogens with two attached hydrogens (primary N) is 1. The van der Waals surface area contributed by atoms with Gasteiger partial charge < -0.3 is 20.3 Å². The Labute approximate surface area is 237 Å². The smallest absolute Gasteiger partial charge is 0.383 e. The number of nitrogen functional groups attached to an aromatic ring is 1. The van der Waals surface area contributed by atoms with Crippen LogP contribution in [0, 0.1) is 5.41 Å². The van der Waals surface area contributed by atoms with E-state index >= 15 is 0 Å². The average Bonchev–Trinajstić information content (AvgIpc) is 3.42. The van der Waals surface area contributed by atoms with Crippen LogP contribution < -0.4 is 16.2 Å². The Hall–Kier alpha value is -1.88. The molecule has 224 valence electrons. The highest BCUT2D eigenvalue weighted by Gasteiger charge is 2.60. The average molecular weight is 604 g/mol. The molecular weight excluding hydrogens is 565 g/mol. The van der Waals surface area contributed by atoms with Gasteiger partial charge in [-0.25, -0.2) is 15.0 Å². The molecule has 5 atom stereocenters. The zero-order valence-corrected chi connectivity index (χ0v) is 25.2. The zero-order valence-electron chi connectivity index (χ0n) is 23.5. The molecule has 4 heterocycles. The van der Waals surface area contributed by atoms with Crippen LogP contribution >= 0.6 is 19.6 Å². The van der Waals surface area contributed by atoms with E-state index in [1.54, 1.807) is 19.1 Å². The molecule has 4 rings (SSSR count). The van der Waals surface area contributed by atoms with Crippen LogP contribution in [0.5, 0.6) is 0 Å². The first-order valence-electron chi connectivity index (χ1n) is 12.9. The first-order valence-corrected chi connectivity index (χ1v) is 15.4. The number of carbonyl (C=O) groups excluding carboxylic acids is 1. The molecule has 2 aromatic rings. The normalized spacial score (nSPS) is 28.6. The van der Waals surface area contributed by atoms with Gasteiger partial charge in [0.2, 0.25) is 5.95 Å². The summed E-state index contributed by atoms with van der Waals surface area (Å²) in [5.41, 5.74) is 7.30. The number of phosphoric ester groups is 1. The van der Waals surface area contributed by atoms with Crippen molar-refractivity contribution in [1.82, 2.24) is 24.9 Å². The number of nitrogens with zero attached hydrogens (tertiary/aromatic N) is 5. The van der Waals surface area contributed by atoms with Gasteiger partial charge >= 0.3 is 7.82 Å². The van der Waals surface area contributed by atoms with Crippen molar-refractivity contribution in [1.29, 1.82) is 0 Å². The maximum Gasteiger partial charge on any atom is 0.475 e. The predicted molar refractivity (Wildman–Crippen MR) is 148 cm³/mol. The number of hydrogen-bond donors (Lipinski definition) is 3. The number of hydrogen-bond acceptors (Lipinski definition) is 15. The summed E-state index contributed by atoms with van der Waals surface area (Å²) in [6, 6.07) is 0. The van der Waals surface area contributed by atoms with Gasteiger partial charge in [-0.3, -0.25) is 27.9 Å². The van der Waals surface area contributed by atoms with Gasteiger partial charge in [-0.05, 0) is 27.2 Å². The lowest BCUT2D eigenvalue weighted by Crippen LogP contribution is -2.47. The minimum atomic E-state index is -4.04. The molecule has 0 radical (unpaired) electrons. The molecular formula is C23H38N7O8PS.